The van der Waals surface area contributed by atoms with Crippen LogP contribution in [-0.2, 0) is 19.6 Å². The SMILES string of the molecule is COC(=O)[C@H](NS(=O)(=O)c1ccc2nc(Sc3ccc(F)cc3)sc2c1)C(C)C. The van der Waals surface area contributed by atoms with E-state index in [9.17, 15) is 17.6 Å². The highest BCUT2D eigenvalue weighted by molar-refractivity contribution is 8.01. The molecule has 1 atom stereocenters. The van der Waals surface area contributed by atoms with E-state index in [4.69, 9.17) is 4.74 Å². The Bertz CT molecular complexity index is 1130. The van der Waals surface area contributed by atoms with Gasteiger partial charge in [0, 0.05) is 4.90 Å². The van der Waals surface area contributed by atoms with Gasteiger partial charge in [-0.15, -0.1) is 11.3 Å². The van der Waals surface area contributed by atoms with E-state index in [1.807, 2.05) is 0 Å². The van der Waals surface area contributed by atoms with E-state index in [0.29, 0.717) is 14.6 Å². The van der Waals surface area contributed by atoms with Gasteiger partial charge in [0.25, 0.3) is 0 Å². The fraction of sp³-hybridized carbons (Fsp3) is 0.263. The number of hydrogen-bond donors (Lipinski definition) is 1. The van der Waals surface area contributed by atoms with Gasteiger partial charge in [0.15, 0.2) is 4.34 Å². The summed E-state index contributed by atoms with van der Waals surface area (Å²) >= 11 is 2.71. The van der Waals surface area contributed by atoms with Crippen LogP contribution < -0.4 is 4.72 Å². The van der Waals surface area contributed by atoms with Crippen molar-refractivity contribution in [1.29, 1.82) is 0 Å². The van der Waals surface area contributed by atoms with Crippen molar-refractivity contribution < 1.29 is 22.3 Å². The number of sulfonamides is 1. The Labute approximate surface area is 176 Å². The molecule has 0 aliphatic carbocycles. The van der Waals surface area contributed by atoms with Crippen molar-refractivity contribution in [2.24, 2.45) is 5.92 Å². The van der Waals surface area contributed by atoms with Crippen molar-refractivity contribution in [2.75, 3.05) is 7.11 Å². The smallest absolute Gasteiger partial charge is 0.324 e. The van der Waals surface area contributed by atoms with Crippen LogP contribution in [0.2, 0.25) is 0 Å². The summed E-state index contributed by atoms with van der Waals surface area (Å²) in [6.07, 6.45) is 0. The van der Waals surface area contributed by atoms with Crippen LogP contribution in [0.15, 0.2) is 56.6 Å². The molecule has 0 aliphatic heterocycles. The number of aromatic nitrogens is 1. The van der Waals surface area contributed by atoms with E-state index in [0.717, 1.165) is 4.90 Å². The van der Waals surface area contributed by atoms with Crippen LogP contribution in [0.4, 0.5) is 4.39 Å². The number of ether oxygens (including phenoxy) is 1. The second-order valence-corrected chi connectivity index (χ2v) is 10.6. The van der Waals surface area contributed by atoms with E-state index in [1.165, 1.54) is 54.5 Å². The minimum atomic E-state index is -3.93. The van der Waals surface area contributed by atoms with Crippen LogP contribution in [0.1, 0.15) is 13.8 Å². The zero-order chi connectivity index (χ0) is 21.2. The fourth-order valence-corrected chi connectivity index (χ4v) is 6.03. The van der Waals surface area contributed by atoms with Gasteiger partial charge in [-0.25, -0.2) is 17.8 Å². The maximum Gasteiger partial charge on any atom is 0.324 e. The summed E-state index contributed by atoms with van der Waals surface area (Å²) < 4.78 is 47.1. The summed E-state index contributed by atoms with van der Waals surface area (Å²) in [5.74, 6) is -1.23. The Balaban J connectivity index is 1.86. The summed E-state index contributed by atoms with van der Waals surface area (Å²) in [5, 5.41) is 0. The van der Waals surface area contributed by atoms with Gasteiger partial charge < -0.3 is 4.74 Å². The summed E-state index contributed by atoms with van der Waals surface area (Å²) in [6, 6.07) is 9.68. The third kappa shape index (κ3) is 5.13. The number of thiazole rings is 1. The molecule has 29 heavy (non-hydrogen) atoms. The van der Waals surface area contributed by atoms with E-state index in [-0.39, 0.29) is 16.6 Å². The molecule has 0 fully saturated rings. The molecule has 0 spiro atoms. The lowest BCUT2D eigenvalue weighted by molar-refractivity contribution is -0.143. The first-order valence-electron chi connectivity index (χ1n) is 8.64. The van der Waals surface area contributed by atoms with Gasteiger partial charge in [-0.3, -0.25) is 4.79 Å². The molecule has 1 N–H and O–H groups in total. The Morgan fingerprint density at radius 2 is 1.90 bits per heavy atom. The highest BCUT2D eigenvalue weighted by Crippen LogP contribution is 2.35. The standard InChI is InChI=1S/C19H19FN2O4S3/c1-11(2)17(18(23)26-3)22-29(24,25)14-8-9-15-16(10-14)28-19(21-15)27-13-6-4-12(20)5-7-13/h4-11,17,22H,1-3H3/t17-/m1/s1. The number of rotatable bonds is 7. The number of nitrogens with one attached hydrogen (secondary N) is 1. The van der Waals surface area contributed by atoms with Crippen LogP contribution in [0, 0.1) is 11.7 Å². The molecular formula is C19H19FN2O4S3. The third-order valence-electron chi connectivity index (χ3n) is 4.07. The normalized spacial score (nSPS) is 13.0. The van der Waals surface area contributed by atoms with Gasteiger partial charge in [-0.1, -0.05) is 25.6 Å². The summed E-state index contributed by atoms with van der Waals surface area (Å²) in [4.78, 5) is 17.2. The Morgan fingerprint density at radius 1 is 1.21 bits per heavy atom. The average Bonchev–Trinajstić information content (AvgIpc) is 3.08. The Hall–Kier alpha value is -2.01. The number of carbonyl (C=O) groups is 1. The zero-order valence-electron chi connectivity index (χ0n) is 15.9. The van der Waals surface area contributed by atoms with Crippen LogP contribution in [0.25, 0.3) is 10.2 Å². The Kier molecular flexibility index (Phi) is 6.57. The lowest BCUT2D eigenvalue weighted by Crippen LogP contribution is -2.44. The predicted molar refractivity (Wildman–Crippen MR) is 111 cm³/mol. The molecular weight excluding hydrogens is 435 g/mol. The summed E-state index contributed by atoms with van der Waals surface area (Å²) in [7, 11) is -2.71. The van der Waals surface area contributed by atoms with Crippen LogP contribution >= 0.6 is 23.1 Å². The largest absolute Gasteiger partial charge is 0.468 e. The number of methoxy groups -OCH3 is 1. The number of halogens is 1. The number of hydrogen-bond acceptors (Lipinski definition) is 7. The Morgan fingerprint density at radius 3 is 2.52 bits per heavy atom. The quantitative estimate of drug-likeness (QED) is 0.542. The molecule has 0 aliphatic rings. The van der Waals surface area contributed by atoms with Crippen molar-refractivity contribution in [3.05, 3.63) is 48.3 Å². The molecule has 0 saturated carbocycles. The summed E-state index contributed by atoms with van der Waals surface area (Å²) in [6.45, 7) is 3.46. The maximum absolute atomic E-state index is 13.0. The van der Waals surface area contributed by atoms with Crippen molar-refractivity contribution >= 4 is 49.3 Å². The minimum Gasteiger partial charge on any atom is -0.468 e. The highest BCUT2D eigenvalue weighted by atomic mass is 32.2. The zero-order valence-corrected chi connectivity index (χ0v) is 18.3. The number of nitrogens with zero attached hydrogens (tertiary/aromatic N) is 1. The molecule has 1 aromatic heterocycles. The van der Waals surface area contributed by atoms with Crippen molar-refractivity contribution in [2.45, 2.75) is 34.0 Å². The van der Waals surface area contributed by atoms with Gasteiger partial charge in [0.2, 0.25) is 10.0 Å². The summed E-state index contributed by atoms with van der Waals surface area (Å²) in [5.41, 5.74) is 0.659. The van der Waals surface area contributed by atoms with Gasteiger partial charge in [0.1, 0.15) is 11.9 Å². The van der Waals surface area contributed by atoms with E-state index in [1.54, 1.807) is 32.0 Å². The van der Waals surface area contributed by atoms with Crippen molar-refractivity contribution in [1.82, 2.24) is 9.71 Å². The monoisotopic (exact) mass is 454 g/mol. The predicted octanol–water partition coefficient (Wildman–Crippen LogP) is 4.06. The van der Waals surface area contributed by atoms with E-state index < -0.39 is 22.0 Å². The second kappa shape index (κ2) is 8.78. The molecule has 3 rings (SSSR count). The fourth-order valence-electron chi connectivity index (χ4n) is 2.52. The van der Waals surface area contributed by atoms with Crippen molar-refractivity contribution in [3.63, 3.8) is 0 Å². The van der Waals surface area contributed by atoms with Crippen LogP contribution in [0.5, 0.6) is 0 Å². The molecule has 0 radical (unpaired) electrons. The van der Waals surface area contributed by atoms with Crippen LogP contribution in [0.3, 0.4) is 0 Å². The number of fused-ring (bicyclic) bond motifs is 1. The maximum atomic E-state index is 13.0. The average molecular weight is 455 g/mol. The van der Waals surface area contributed by atoms with Gasteiger partial charge in [0.05, 0.1) is 22.2 Å². The molecule has 10 heteroatoms. The van der Waals surface area contributed by atoms with E-state index >= 15 is 0 Å². The number of benzene rings is 2. The molecule has 6 nitrogen and oxygen atoms in total. The molecule has 0 amide bonds. The second-order valence-electron chi connectivity index (χ2n) is 6.53. The van der Waals surface area contributed by atoms with Crippen molar-refractivity contribution in [3.8, 4) is 0 Å². The topological polar surface area (TPSA) is 85.4 Å². The van der Waals surface area contributed by atoms with Gasteiger partial charge in [-0.2, -0.15) is 4.72 Å². The first kappa shape index (κ1) is 21.7. The molecule has 0 saturated heterocycles. The minimum absolute atomic E-state index is 0.0431. The lowest BCUT2D eigenvalue weighted by atomic mass is 10.1. The van der Waals surface area contributed by atoms with Gasteiger partial charge in [-0.05, 0) is 48.4 Å². The van der Waals surface area contributed by atoms with Gasteiger partial charge >= 0.3 is 5.97 Å². The molecule has 0 unspecified atom stereocenters. The van der Waals surface area contributed by atoms with Crippen LogP contribution in [-0.4, -0.2) is 32.5 Å². The first-order valence-corrected chi connectivity index (χ1v) is 11.8. The highest BCUT2D eigenvalue weighted by Gasteiger charge is 2.29. The number of carbonyl (C=O) groups excluding carboxylic acids is 1. The molecule has 1 heterocycles. The molecule has 2 aromatic carbocycles. The third-order valence-corrected chi connectivity index (χ3v) is 7.60. The molecule has 3 aromatic rings. The molecule has 0 bridgehead atoms. The lowest BCUT2D eigenvalue weighted by Gasteiger charge is -2.19. The first-order chi connectivity index (χ1) is 13.7. The van der Waals surface area contributed by atoms with E-state index in [2.05, 4.69) is 9.71 Å². The molecule has 154 valence electrons. The number of esters is 1.